The molecule has 8 heteroatoms. The minimum absolute atomic E-state index is 0.0175. The van der Waals surface area contributed by atoms with E-state index < -0.39 is 0 Å². The van der Waals surface area contributed by atoms with Crippen molar-refractivity contribution in [2.24, 2.45) is 0 Å². The predicted octanol–water partition coefficient (Wildman–Crippen LogP) is 3.17. The second-order valence-electron chi connectivity index (χ2n) is 7.08. The van der Waals surface area contributed by atoms with E-state index in [1.54, 1.807) is 18.5 Å². The third kappa shape index (κ3) is 3.44. The van der Waals surface area contributed by atoms with Crippen molar-refractivity contribution in [3.63, 3.8) is 0 Å². The topological polar surface area (TPSA) is 97.9 Å². The first-order chi connectivity index (χ1) is 14.3. The van der Waals surface area contributed by atoms with E-state index >= 15 is 0 Å². The van der Waals surface area contributed by atoms with Crippen LogP contribution in [0, 0.1) is 0 Å². The molecule has 1 fully saturated rings. The SMILES string of the molecule is O=C(NC1CCCC1Nc1nc2ccccc2o1)c1ccccc1-n1nccn1. The van der Waals surface area contributed by atoms with Crippen LogP contribution < -0.4 is 10.6 Å². The zero-order chi connectivity index (χ0) is 19.6. The van der Waals surface area contributed by atoms with Gasteiger partial charge in [-0.3, -0.25) is 4.79 Å². The van der Waals surface area contributed by atoms with E-state index in [0.29, 0.717) is 17.3 Å². The standard InChI is InChI=1S/C21H20N6O2/c28-20(14-6-1-3-10-18(14)27-22-12-13-23-27)24-15-8-5-9-16(15)25-21-26-17-7-2-4-11-19(17)29-21/h1-4,6-7,10-13,15-16H,5,8-9H2,(H,24,28)(H,25,26). The Morgan fingerprint density at radius 2 is 1.76 bits per heavy atom. The third-order valence-corrected chi connectivity index (χ3v) is 5.22. The Morgan fingerprint density at radius 1 is 1.00 bits per heavy atom. The van der Waals surface area contributed by atoms with Crippen LogP contribution in [-0.2, 0) is 0 Å². The molecule has 29 heavy (non-hydrogen) atoms. The predicted molar refractivity (Wildman–Crippen MR) is 108 cm³/mol. The summed E-state index contributed by atoms with van der Waals surface area (Å²) in [5.41, 5.74) is 2.75. The van der Waals surface area contributed by atoms with Gasteiger partial charge in [0.1, 0.15) is 5.52 Å². The van der Waals surface area contributed by atoms with E-state index in [4.69, 9.17) is 4.42 Å². The molecule has 146 valence electrons. The fourth-order valence-electron chi connectivity index (χ4n) is 3.82. The van der Waals surface area contributed by atoms with Crippen molar-refractivity contribution in [2.45, 2.75) is 31.3 Å². The van der Waals surface area contributed by atoms with Crippen LogP contribution in [0.15, 0.2) is 65.3 Å². The second kappa shape index (κ2) is 7.38. The van der Waals surface area contributed by atoms with Gasteiger partial charge >= 0.3 is 0 Å². The van der Waals surface area contributed by atoms with Crippen LogP contribution in [0.4, 0.5) is 6.01 Å². The van der Waals surface area contributed by atoms with Crippen molar-refractivity contribution >= 4 is 23.0 Å². The highest BCUT2D eigenvalue weighted by Crippen LogP contribution is 2.26. The van der Waals surface area contributed by atoms with Crippen LogP contribution in [0.25, 0.3) is 16.8 Å². The van der Waals surface area contributed by atoms with Crippen LogP contribution in [0.3, 0.4) is 0 Å². The molecular weight excluding hydrogens is 368 g/mol. The van der Waals surface area contributed by atoms with Crippen molar-refractivity contribution in [3.05, 3.63) is 66.5 Å². The number of oxazole rings is 1. The number of anilines is 1. The van der Waals surface area contributed by atoms with Crippen molar-refractivity contribution in [1.29, 1.82) is 0 Å². The Morgan fingerprint density at radius 3 is 2.62 bits per heavy atom. The molecule has 2 N–H and O–H groups in total. The molecule has 2 atom stereocenters. The van der Waals surface area contributed by atoms with Crippen LogP contribution >= 0.6 is 0 Å². The van der Waals surface area contributed by atoms with Crippen molar-refractivity contribution < 1.29 is 9.21 Å². The summed E-state index contributed by atoms with van der Waals surface area (Å²) in [5.74, 6) is -0.144. The first kappa shape index (κ1) is 17.4. The maximum absolute atomic E-state index is 13.0. The summed E-state index contributed by atoms with van der Waals surface area (Å²) in [6.45, 7) is 0. The molecule has 0 aliphatic heterocycles. The Hall–Kier alpha value is -3.68. The molecule has 1 saturated carbocycles. The number of hydrogen-bond donors (Lipinski definition) is 2. The third-order valence-electron chi connectivity index (χ3n) is 5.22. The summed E-state index contributed by atoms with van der Waals surface area (Å²) >= 11 is 0. The lowest BCUT2D eigenvalue weighted by Gasteiger charge is -2.22. The second-order valence-corrected chi connectivity index (χ2v) is 7.08. The number of fused-ring (bicyclic) bond motifs is 1. The zero-order valence-electron chi connectivity index (χ0n) is 15.7. The molecule has 5 rings (SSSR count). The van der Waals surface area contributed by atoms with E-state index in [-0.39, 0.29) is 18.0 Å². The van der Waals surface area contributed by atoms with Gasteiger partial charge in [0.25, 0.3) is 11.9 Å². The fraction of sp³-hybridized carbons (Fsp3) is 0.238. The van der Waals surface area contributed by atoms with E-state index in [9.17, 15) is 4.79 Å². The highest BCUT2D eigenvalue weighted by Gasteiger charge is 2.30. The van der Waals surface area contributed by atoms with Gasteiger partial charge in [-0.2, -0.15) is 20.0 Å². The molecule has 2 unspecified atom stereocenters. The quantitative estimate of drug-likeness (QED) is 0.545. The number of carbonyl (C=O) groups is 1. The molecule has 0 saturated heterocycles. The van der Waals surface area contributed by atoms with Gasteiger partial charge in [-0.1, -0.05) is 24.3 Å². The monoisotopic (exact) mass is 388 g/mol. The normalized spacial score (nSPS) is 18.8. The lowest BCUT2D eigenvalue weighted by atomic mass is 10.1. The molecule has 8 nitrogen and oxygen atoms in total. The van der Waals surface area contributed by atoms with Gasteiger partial charge in [0.15, 0.2) is 5.58 Å². The average molecular weight is 388 g/mol. The van der Waals surface area contributed by atoms with Crippen molar-refractivity contribution in [3.8, 4) is 5.69 Å². The van der Waals surface area contributed by atoms with Crippen LogP contribution in [0.1, 0.15) is 29.6 Å². The number of para-hydroxylation sites is 3. The smallest absolute Gasteiger partial charge is 0.295 e. The number of nitrogens with one attached hydrogen (secondary N) is 2. The number of amides is 1. The number of hydrogen-bond acceptors (Lipinski definition) is 6. The average Bonchev–Trinajstić information content (AvgIpc) is 3.49. The van der Waals surface area contributed by atoms with Gasteiger partial charge in [-0.05, 0) is 43.5 Å². The van der Waals surface area contributed by atoms with E-state index in [2.05, 4.69) is 25.8 Å². The maximum Gasteiger partial charge on any atom is 0.295 e. The van der Waals surface area contributed by atoms with E-state index in [1.165, 1.54) is 4.80 Å². The van der Waals surface area contributed by atoms with E-state index in [0.717, 1.165) is 30.4 Å². The first-order valence-electron chi connectivity index (χ1n) is 9.66. The molecule has 2 heterocycles. The summed E-state index contributed by atoms with van der Waals surface area (Å²) in [5, 5.41) is 14.8. The molecule has 4 aromatic rings. The molecule has 0 radical (unpaired) electrons. The lowest BCUT2D eigenvalue weighted by molar-refractivity contribution is 0.0935. The van der Waals surface area contributed by atoms with E-state index in [1.807, 2.05) is 42.5 Å². The number of carbonyl (C=O) groups excluding carboxylic acids is 1. The minimum atomic E-state index is -0.144. The number of aromatic nitrogens is 4. The zero-order valence-corrected chi connectivity index (χ0v) is 15.7. The highest BCUT2D eigenvalue weighted by atomic mass is 16.4. The molecule has 1 amide bonds. The summed E-state index contributed by atoms with van der Waals surface area (Å²) in [6, 6.07) is 15.5. The van der Waals surface area contributed by atoms with Gasteiger partial charge < -0.3 is 15.1 Å². The van der Waals surface area contributed by atoms with Gasteiger partial charge in [0.05, 0.1) is 29.7 Å². The largest absolute Gasteiger partial charge is 0.424 e. The van der Waals surface area contributed by atoms with Gasteiger partial charge in [-0.15, -0.1) is 0 Å². The Bertz CT molecular complexity index is 1100. The molecule has 2 aromatic heterocycles. The van der Waals surface area contributed by atoms with Crippen molar-refractivity contribution in [2.75, 3.05) is 5.32 Å². The molecule has 1 aliphatic rings. The summed E-state index contributed by atoms with van der Waals surface area (Å²) in [7, 11) is 0. The number of benzene rings is 2. The van der Waals surface area contributed by atoms with Crippen molar-refractivity contribution in [1.82, 2.24) is 25.3 Å². The summed E-state index contributed by atoms with van der Waals surface area (Å²) in [6.07, 6.45) is 6.03. The molecule has 1 aliphatic carbocycles. The van der Waals surface area contributed by atoms with Crippen LogP contribution in [0.5, 0.6) is 0 Å². The highest BCUT2D eigenvalue weighted by molar-refractivity contribution is 5.98. The molecule has 0 spiro atoms. The lowest BCUT2D eigenvalue weighted by Crippen LogP contribution is -2.43. The Labute approximate surface area is 166 Å². The van der Waals surface area contributed by atoms with Gasteiger partial charge in [0, 0.05) is 6.04 Å². The number of rotatable bonds is 5. The van der Waals surface area contributed by atoms with Crippen LogP contribution in [-0.4, -0.2) is 38.0 Å². The Balaban J connectivity index is 1.33. The summed E-state index contributed by atoms with van der Waals surface area (Å²) in [4.78, 5) is 19.0. The fourth-order valence-corrected chi connectivity index (χ4v) is 3.82. The summed E-state index contributed by atoms with van der Waals surface area (Å²) < 4.78 is 5.78. The minimum Gasteiger partial charge on any atom is -0.424 e. The maximum atomic E-state index is 13.0. The van der Waals surface area contributed by atoms with Gasteiger partial charge in [0.2, 0.25) is 0 Å². The molecule has 0 bridgehead atoms. The number of nitrogens with zero attached hydrogens (tertiary/aromatic N) is 4. The van der Waals surface area contributed by atoms with Crippen LogP contribution in [0.2, 0.25) is 0 Å². The van der Waals surface area contributed by atoms with Gasteiger partial charge in [-0.25, -0.2) is 0 Å². The Kier molecular flexibility index (Phi) is 4.44. The first-order valence-corrected chi connectivity index (χ1v) is 9.66. The molecule has 2 aromatic carbocycles. The molecular formula is C21H20N6O2.